The Kier molecular flexibility index (Phi) is 4.34. The number of ether oxygens (including phenoxy) is 1. The van der Waals surface area contributed by atoms with E-state index in [-0.39, 0.29) is 36.7 Å². The molecular weight excluding hydrogens is 370 g/mol. The molecule has 4 amide bonds. The molecule has 0 aromatic heterocycles. The Labute approximate surface area is 159 Å². The predicted molar refractivity (Wildman–Crippen MR) is 92.7 cm³/mol. The van der Waals surface area contributed by atoms with E-state index in [9.17, 15) is 24.0 Å². The van der Waals surface area contributed by atoms with Gasteiger partial charge in [0, 0.05) is 25.2 Å². The first-order chi connectivity index (χ1) is 13.3. The third-order valence-corrected chi connectivity index (χ3v) is 5.08. The van der Waals surface area contributed by atoms with Crippen molar-refractivity contribution in [1.82, 2.24) is 10.2 Å². The molecule has 3 aliphatic rings. The van der Waals surface area contributed by atoms with Crippen molar-refractivity contribution in [2.45, 2.75) is 25.0 Å². The highest BCUT2D eigenvalue weighted by Crippen LogP contribution is 2.32. The number of piperidine rings is 1. The van der Waals surface area contributed by atoms with Gasteiger partial charge in [-0.15, -0.1) is 0 Å². The van der Waals surface area contributed by atoms with Crippen LogP contribution in [0.4, 0.5) is 5.69 Å². The average molecular weight is 387 g/mol. The van der Waals surface area contributed by atoms with Gasteiger partial charge in [-0.2, -0.15) is 0 Å². The second kappa shape index (κ2) is 6.71. The maximum absolute atomic E-state index is 12.8. The number of imide groups is 2. The number of anilines is 1. The summed E-state index contributed by atoms with van der Waals surface area (Å²) in [6, 6.07) is 3.84. The van der Waals surface area contributed by atoms with Gasteiger partial charge in [0.25, 0.3) is 11.8 Å². The second-order valence-corrected chi connectivity index (χ2v) is 6.91. The van der Waals surface area contributed by atoms with E-state index in [4.69, 9.17) is 9.84 Å². The Morgan fingerprint density at radius 3 is 2.54 bits per heavy atom. The number of carboxylic acid groups (broad SMARTS) is 1. The highest BCUT2D eigenvalue weighted by molar-refractivity contribution is 6.23. The van der Waals surface area contributed by atoms with Crippen molar-refractivity contribution < 1.29 is 33.8 Å². The van der Waals surface area contributed by atoms with Crippen molar-refractivity contribution in [3.8, 4) is 0 Å². The molecule has 2 saturated heterocycles. The van der Waals surface area contributed by atoms with Crippen LogP contribution in [0.5, 0.6) is 0 Å². The third-order valence-electron chi connectivity index (χ3n) is 5.08. The number of hydrogen-bond acceptors (Lipinski definition) is 7. The van der Waals surface area contributed by atoms with E-state index < -0.39 is 35.6 Å². The van der Waals surface area contributed by atoms with Gasteiger partial charge < -0.3 is 14.7 Å². The van der Waals surface area contributed by atoms with Crippen molar-refractivity contribution in [1.29, 1.82) is 0 Å². The molecule has 1 unspecified atom stereocenters. The van der Waals surface area contributed by atoms with Crippen LogP contribution < -0.4 is 10.2 Å². The molecule has 4 rings (SSSR count). The smallest absolute Gasteiger partial charge is 0.329 e. The number of nitrogens with zero attached hydrogens (tertiary/aromatic N) is 2. The van der Waals surface area contributed by atoms with E-state index in [0.717, 1.165) is 4.90 Å². The molecule has 3 heterocycles. The molecule has 3 aliphatic heterocycles. The maximum Gasteiger partial charge on any atom is 0.329 e. The number of carboxylic acids is 1. The number of amides is 4. The number of nitrogens with one attached hydrogen (secondary N) is 1. The number of carbonyl (C=O) groups excluding carboxylic acids is 4. The number of hydrogen-bond donors (Lipinski definition) is 2. The fourth-order valence-corrected chi connectivity index (χ4v) is 3.60. The topological polar surface area (TPSA) is 133 Å². The van der Waals surface area contributed by atoms with Gasteiger partial charge in [-0.05, 0) is 24.6 Å². The summed E-state index contributed by atoms with van der Waals surface area (Å²) in [4.78, 5) is 62.2. The molecule has 0 aliphatic carbocycles. The van der Waals surface area contributed by atoms with Crippen LogP contribution in [-0.4, -0.2) is 71.4 Å². The summed E-state index contributed by atoms with van der Waals surface area (Å²) in [5, 5.41) is 10.8. The largest absolute Gasteiger partial charge is 0.480 e. The van der Waals surface area contributed by atoms with Crippen LogP contribution in [-0.2, 0) is 19.1 Å². The molecule has 0 radical (unpaired) electrons. The van der Waals surface area contributed by atoms with Gasteiger partial charge in [-0.25, -0.2) is 4.79 Å². The van der Waals surface area contributed by atoms with Crippen LogP contribution in [0.3, 0.4) is 0 Å². The fourth-order valence-electron chi connectivity index (χ4n) is 3.60. The van der Waals surface area contributed by atoms with E-state index in [2.05, 4.69) is 5.32 Å². The highest BCUT2D eigenvalue weighted by Gasteiger charge is 2.45. The van der Waals surface area contributed by atoms with Crippen molar-refractivity contribution in [2.75, 3.05) is 24.6 Å². The minimum absolute atomic E-state index is 0.0700. The van der Waals surface area contributed by atoms with Crippen LogP contribution >= 0.6 is 0 Å². The van der Waals surface area contributed by atoms with E-state index in [0.29, 0.717) is 18.8 Å². The monoisotopic (exact) mass is 387 g/mol. The summed E-state index contributed by atoms with van der Waals surface area (Å²) < 4.78 is 5.20. The van der Waals surface area contributed by atoms with Gasteiger partial charge in [-0.1, -0.05) is 0 Å². The minimum atomic E-state index is -1.03. The van der Waals surface area contributed by atoms with Gasteiger partial charge in [0.05, 0.1) is 17.2 Å². The van der Waals surface area contributed by atoms with Crippen LogP contribution in [0.25, 0.3) is 0 Å². The van der Waals surface area contributed by atoms with E-state index in [1.807, 2.05) is 4.90 Å². The number of aliphatic carboxylic acids is 1. The van der Waals surface area contributed by atoms with Crippen molar-refractivity contribution in [2.24, 2.45) is 0 Å². The first-order valence-corrected chi connectivity index (χ1v) is 8.79. The molecule has 0 saturated carbocycles. The van der Waals surface area contributed by atoms with Crippen LogP contribution in [0.2, 0.25) is 0 Å². The molecule has 0 spiro atoms. The molecule has 2 fully saturated rings. The van der Waals surface area contributed by atoms with Crippen LogP contribution in [0, 0.1) is 0 Å². The summed E-state index contributed by atoms with van der Waals surface area (Å²) in [7, 11) is 0. The number of benzene rings is 1. The molecule has 10 nitrogen and oxygen atoms in total. The second-order valence-electron chi connectivity index (χ2n) is 6.91. The molecule has 10 heteroatoms. The Morgan fingerprint density at radius 2 is 1.86 bits per heavy atom. The first kappa shape index (κ1) is 18.1. The molecule has 0 bridgehead atoms. The van der Waals surface area contributed by atoms with Gasteiger partial charge in [-0.3, -0.25) is 29.4 Å². The van der Waals surface area contributed by atoms with Gasteiger partial charge in [0.15, 0.2) is 0 Å². The molecule has 146 valence electrons. The third kappa shape index (κ3) is 3.01. The lowest BCUT2D eigenvalue weighted by atomic mass is 10.0. The minimum Gasteiger partial charge on any atom is -0.480 e. The Balaban J connectivity index is 1.48. The van der Waals surface area contributed by atoms with Gasteiger partial charge in [0.1, 0.15) is 12.6 Å². The zero-order chi connectivity index (χ0) is 20.0. The quantitative estimate of drug-likeness (QED) is 0.639. The van der Waals surface area contributed by atoms with Crippen molar-refractivity contribution >= 4 is 35.3 Å². The Morgan fingerprint density at radius 1 is 1.14 bits per heavy atom. The first-order valence-electron chi connectivity index (χ1n) is 8.79. The summed E-state index contributed by atoms with van der Waals surface area (Å²) in [6.07, 6.45) is -0.0279. The lowest BCUT2D eigenvalue weighted by Gasteiger charge is -2.40. The number of fused-ring (bicyclic) bond motifs is 1. The lowest BCUT2D eigenvalue weighted by Crippen LogP contribution is -2.54. The summed E-state index contributed by atoms with van der Waals surface area (Å²) in [5.74, 6) is -3.21. The van der Waals surface area contributed by atoms with Crippen LogP contribution in [0.15, 0.2) is 18.2 Å². The SMILES string of the molecule is O=C(O)COC1CN(c2ccc3c(c2)C(=O)N(C2CCC(=O)NC2=O)C3=O)C1. The molecule has 28 heavy (non-hydrogen) atoms. The van der Waals surface area contributed by atoms with E-state index in [1.165, 1.54) is 0 Å². The predicted octanol–water partition coefficient (Wildman–Crippen LogP) is -0.622. The fraction of sp³-hybridized carbons (Fsp3) is 0.389. The standard InChI is InChI=1S/C18H17N3O7/c22-14-4-3-13(16(25)19-14)21-17(26)11-2-1-9(5-12(11)18(21)27)20-6-10(7-20)28-8-15(23)24/h1-2,5,10,13H,3-4,6-8H2,(H,23,24)(H,19,22,25). The number of rotatable bonds is 5. The Hall–Kier alpha value is -3.27. The van der Waals surface area contributed by atoms with Crippen molar-refractivity contribution in [3.05, 3.63) is 29.3 Å². The summed E-state index contributed by atoms with van der Waals surface area (Å²) >= 11 is 0. The molecule has 1 aromatic rings. The van der Waals surface area contributed by atoms with Gasteiger partial charge in [0.2, 0.25) is 11.8 Å². The van der Waals surface area contributed by atoms with Gasteiger partial charge >= 0.3 is 5.97 Å². The summed E-state index contributed by atoms with van der Waals surface area (Å²) in [6.45, 7) is 0.590. The average Bonchev–Trinajstić information content (AvgIpc) is 2.85. The maximum atomic E-state index is 12.8. The lowest BCUT2D eigenvalue weighted by molar-refractivity contribution is -0.145. The highest BCUT2D eigenvalue weighted by atomic mass is 16.5. The van der Waals surface area contributed by atoms with E-state index in [1.54, 1.807) is 18.2 Å². The van der Waals surface area contributed by atoms with Crippen molar-refractivity contribution in [3.63, 3.8) is 0 Å². The zero-order valence-corrected chi connectivity index (χ0v) is 14.7. The van der Waals surface area contributed by atoms with Crippen LogP contribution in [0.1, 0.15) is 33.6 Å². The number of carbonyl (C=O) groups is 5. The Bertz CT molecular complexity index is 906. The van der Waals surface area contributed by atoms with E-state index >= 15 is 0 Å². The normalized spacial score (nSPS) is 22.2. The molecule has 1 aromatic carbocycles. The molecule has 2 N–H and O–H groups in total. The summed E-state index contributed by atoms with van der Waals surface area (Å²) in [5.41, 5.74) is 1.14. The molecule has 1 atom stereocenters. The zero-order valence-electron chi connectivity index (χ0n) is 14.7. The molecular formula is C18H17N3O7.